The molecule has 13 heteroatoms. The Bertz CT molecular complexity index is 1570. The zero-order valence-corrected chi connectivity index (χ0v) is 21.7. The Morgan fingerprint density at radius 3 is 2.74 bits per heavy atom. The minimum atomic E-state index is -3.95. The zero-order chi connectivity index (χ0) is 27.3. The average Bonchev–Trinajstić information content (AvgIpc) is 3.29. The number of ether oxygens (including phenoxy) is 1. The lowest BCUT2D eigenvalue weighted by atomic mass is 10.0. The number of halogens is 1. The average molecular weight is 543 g/mol. The Labute approximate surface area is 217 Å². The number of nitrogens with two attached hydrogens (primary N) is 1. The van der Waals surface area contributed by atoms with Crippen LogP contribution in [0.5, 0.6) is 0 Å². The van der Waals surface area contributed by atoms with Crippen LogP contribution < -0.4 is 11.3 Å². The van der Waals surface area contributed by atoms with Gasteiger partial charge in [0, 0.05) is 12.1 Å². The number of carbonyl (C=O) groups excluding carboxylic acids is 1. The van der Waals surface area contributed by atoms with Crippen molar-refractivity contribution in [3.05, 3.63) is 87.2 Å². The Balaban J connectivity index is 1.41. The number of carbonyl (C=O) groups is 1. The van der Waals surface area contributed by atoms with Crippen LogP contribution in [-0.4, -0.2) is 44.9 Å². The number of fused-ring (bicyclic) bond motifs is 1. The number of hydrogen-bond acceptors (Lipinski definition) is 9. The number of aromatic amines is 1. The summed E-state index contributed by atoms with van der Waals surface area (Å²) in [5.41, 5.74) is 8.37. The molecule has 0 aliphatic heterocycles. The minimum Gasteiger partial charge on any atom is -0.369 e. The minimum absolute atomic E-state index is 0.0294. The molecule has 3 N–H and O–H groups in total. The lowest BCUT2D eigenvalue weighted by molar-refractivity contribution is 0.0855. The Hall–Kier alpha value is -3.70. The quantitative estimate of drug-likeness (QED) is 0.155. The van der Waals surface area contributed by atoms with Gasteiger partial charge in [-0.3, -0.25) is 23.7 Å². The van der Waals surface area contributed by atoms with E-state index in [0.717, 1.165) is 11.1 Å². The van der Waals surface area contributed by atoms with Gasteiger partial charge < -0.3 is 19.6 Å². The van der Waals surface area contributed by atoms with E-state index in [4.69, 9.17) is 19.5 Å². The van der Waals surface area contributed by atoms with Crippen LogP contribution in [0.25, 0.3) is 11.2 Å². The molecule has 38 heavy (non-hydrogen) atoms. The molecule has 4 aromatic rings. The highest BCUT2D eigenvalue weighted by Gasteiger charge is 2.27. The molecule has 0 radical (unpaired) electrons. The highest BCUT2D eigenvalue weighted by Crippen LogP contribution is 2.49. The summed E-state index contributed by atoms with van der Waals surface area (Å²) in [7, 11) is -3.95. The molecule has 11 nitrogen and oxygen atoms in total. The highest BCUT2D eigenvalue weighted by molar-refractivity contribution is 7.53. The first-order valence-corrected chi connectivity index (χ1v) is 13.4. The molecule has 0 saturated heterocycles. The van der Waals surface area contributed by atoms with Crippen molar-refractivity contribution in [3.8, 4) is 0 Å². The fourth-order valence-electron chi connectivity index (χ4n) is 3.54. The molecular formula is C25H27FN5O6P. The van der Waals surface area contributed by atoms with Gasteiger partial charge in [-0.1, -0.05) is 24.3 Å². The van der Waals surface area contributed by atoms with Crippen LogP contribution in [0.1, 0.15) is 27.0 Å². The lowest BCUT2D eigenvalue weighted by Crippen LogP contribution is -2.14. The van der Waals surface area contributed by atoms with Crippen LogP contribution in [0.4, 0.5) is 10.3 Å². The summed E-state index contributed by atoms with van der Waals surface area (Å²) in [6, 6.07) is 10.9. The number of anilines is 1. The number of benzene rings is 2. The number of aromatic nitrogens is 4. The number of aryl methyl sites for hydroxylation is 2. The number of rotatable bonds is 12. The van der Waals surface area contributed by atoms with Gasteiger partial charge in [0.2, 0.25) is 5.95 Å². The third kappa shape index (κ3) is 6.78. The maximum absolute atomic E-state index is 13.6. The molecule has 4 rings (SSSR count). The molecule has 0 saturated carbocycles. The molecule has 200 valence electrons. The molecule has 0 amide bonds. The van der Waals surface area contributed by atoms with Crippen LogP contribution in [0.3, 0.4) is 0 Å². The van der Waals surface area contributed by atoms with Gasteiger partial charge in [0.15, 0.2) is 16.9 Å². The third-order valence-corrected chi connectivity index (χ3v) is 7.30. The van der Waals surface area contributed by atoms with Crippen molar-refractivity contribution in [1.82, 2.24) is 19.5 Å². The van der Waals surface area contributed by atoms with Crippen LogP contribution in [0.15, 0.2) is 53.6 Å². The predicted molar refractivity (Wildman–Crippen MR) is 138 cm³/mol. The summed E-state index contributed by atoms with van der Waals surface area (Å²) >= 11 is 0. The largest absolute Gasteiger partial charge is 0.369 e. The van der Waals surface area contributed by atoms with Crippen molar-refractivity contribution >= 4 is 30.5 Å². The van der Waals surface area contributed by atoms with Crippen molar-refractivity contribution in [2.45, 2.75) is 27.0 Å². The number of hydrogen-bond donors (Lipinski definition) is 2. The molecule has 1 unspecified atom stereocenters. The molecule has 0 aliphatic rings. The first-order chi connectivity index (χ1) is 18.1. The summed E-state index contributed by atoms with van der Waals surface area (Å²) in [5.74, 6) is -0.896. The van der Waals surface area contributed by atoms with Gasteiger partial charge in [-0.25, -0.2) is 9.37 Å². The van der Waals surface area contributed by atoms with Gasteiger partial charge in [0.25, 0.3) is 5.56 Å². The molecule has 2 aromatic heterocycles. The molecule has 0 bridgehead atoms. The van der Waals surface area contributed by atoms with Gasteiger partial charge in [-0.2, -0.15) is 4.98 Å². The van der Waals surface area contributed by atoms with Crippen molar-refractivity contribution < 1.29 is 27.5 Å². The number of nitrogens with one attached hydrogen (secondary N) is 1. The Morgan fingerprint density at radius 1 is 1.16 bits per heavy atom. The predicted octanol–water partition coefficient (Wildman–Crippen LogP) is 3.74. The van der Waals surface area contributed by atoms with E-state index in [0.29, 0.717) is 11.1 Å². The van der Waals surface area contributed by atoms with Crippen molar-refractivity contribution in [2.75, 3.05) is 25.3 Å². The number of ketones is 1. The van der Waals surface area contributed by atoms with Gasteiger partial charge in [-0.15, -0.1) is 0 Å². The highest BCUT2D eigenvalue weighted by atomic mass is 31.2. The number of nitrogens with zero attached hydrogens (tertiary/aromatic N) is 3. The maximum atomic E-state index is 13.6. The number of nitrogen functional groups attached to an aromatic ring is 1. The van der Waals surface area contributed by atoms with E-state index in [-0.39, 0.29) is 42.7 Å². The Morgan fingerprint density at radius 2 is 1.97 bits per heavy atom. The van der Waals surface area contributed by atoms with Crippen LogP contribution >= 0.6 is 7.60 Å². The Kier molecular flexibility index (Phi) is 8.48. The third-order valence-electron chi connectivity index (χ3n) is 5.76. The topological polar surface area (TPSA) is 151 Å². The van der Waals surface area contributed by atoms with Crippen LogP contribution in [0.2, 0.25) is 0 Å². The van der Waals surface area contributed by atoms with Crippen LogP contribution in [-0.2, 0) is 31.5 Å². The molecule has 0 aliphatic carbocycles. The number of H-pyrrole nitrogens is 1. The molecule has 1 atom stereocenters. The normalized spacial score (nSPS) is 13.0. The number of Topliss-reactive ketones (excluding diaryl/α,β-unsaturated/α-hetero) is 1. The second kappa shape index (κ2) is 11.8. The fraction of sp³-hybridized carbons (Fsp3) is 0.280. The summed E-state index contributed by atoms with van der Waals surface area (Å²) in [5, 5.41) is 0. The maximum Gasteiger partial charge on any atom is 0.356 e. The van der Waals surface area contributed by atoms with Gasteiger partial charge in [-0.05, 0) is 48.7 Å². The van der Waals surface area contributed by atoms with Gasteiger partial charge in [0.05, 0.1) is 19.5 Å². The molecule has 0 fully saturated rings. The zero-order valence-electron chi connectivity index (χ0n) is 20.8. The van der Waals surface area contributed by atoms with E-state index >= 15 is 0 Å². The summed E-state index contributed by atoms with van der Waals surface area (Å²) in [4.78, 5) is 35.1. The van der Waals surface area contributed by atoms with Crippen molar-refractivity contribution in [3.63, 3.8) is 0 Å². The molecule has 0 spiro atoms. The van der Waals surface area contributed by atoms with E-state index in [1.54, 1.807) is 22.8 Å². The second-order valence-electron chi connectivity index (χ2n) is 8.61. The monoisotopic (exact) mass is 543 g/mol. The SMILES string of the molecule is Cc1ccc(C(=O)COP(=O)(COCCn2cnc3c(=O)[nH]c(N)nc32)OCc2cccc(F)c2)cc1C. The van der Waals surface area contributed by atoms with Crippen LogP contribution in [0, 0.1) is 19.7 Å². The molecular weight excluding hydrogens is 516 g/mol. The first-order valence-electron chi connectivity index (χ1n) is 11.6. The standard InChI is InChI=1S/C25H27FN5O6P/c1-16-6-7-19(10-17(16)2)21(32)13-37-38(34,36-12-18-4-3-5-20(26)11-18)15-35-9-8-31-14-28-22-23(31)29-25(27)30-24(22)33/h3-7,10-11,14H,8-9,12-13,15H2,1-2H3,(H3,27,29,30,33). The van der Waals surface area contributed by atoms with Crippen molar-refractivity contribution in [2.24, 2.45) is 0 Å². The molecule has 2 heterocycles. The first kappa shape index (κ1) is 27.3. The smallest absolute Gasteiger partial charge is 0.356 e. The van der Waals surface area contributed by atoms with Crippen molar-refractivity contribution in [1.29, 1.82) is 0 Å². The summed E-state index contributed by atoms with van der Waals surface area (Å²) in [6.07, 6.45) is 0.944. The number of imidazole rings is 1. The van der Waals surface area contributed by atoms with Gasteiger partial charge in [0.1, 0.15) is 18.8 Å². The summed E-state index contributed by atoms with van der Waals surface area (Å²) < 4.78 is 45.2. The van der Waals surface area contributed by atoms with E-state index < -0.39 is 31.9 Å². The second-order valence-corrected chi connectivity index (χ2v) is 10.6. The van der Waals surface area contributed by atoms with E-state index in [2.05, 4.69) is 15.0 Å². The van der Waals surface area contributed by atoms with Gasteiger partial charge >= 0.3 is 7.60 Å². The van der Waals surface area contributed by atoms with E-state index in [1.807, 2.05) is 19.9 Å². The lowest BCUT2D eigenvalue weighted by Gasteiger charge is -2.19. The fourth-order valence-corrected chi connectivity index (χ4v) is 4.78. The van der Waals surface area contributed by atoms with E-state index in [1.165, 1.54) is 24.5 Å². The van der Waals surface area contributed by atoms with E-state index in [9.17, 15) is 18.5 Å². The summed E-state index contributed by atoms with van der Waals surface area (Å²) in [6.45, 7) is 3.34. The molecule has 2 aromatic carbocycles.